The van der Waals surface area contributed by atoms with Crippen molar-refractivity contribution in [3.05, 3.63) is 34.1 Å². The molecule has 0 aromatic heterocycles. The molecule has 4 nitrogen and oxygen atoms in total. The Hall–Kier alpha value is -0.690. The number of carbonyl (C=O) groups excluding carboxylic acids is 1. The molecule has 0 unspecified atom stereocenters. The summed E-state index contributed by atoms with van der Waals surface area (Å²) in [6.45, 7) is 2.49. The van der Waals surface area contributed by atoms with Gasteiger partial charge in [-0.2, -0.15) is 0 Å². The zero-order chi connectivity index (χ0) is 13.4. The molecule has 0 aliphatic carbocycles. The molecule has 0 atom stereocenters. The Kier molecular flexibility index (Phi) is 9.77. The van der Waals surface area contributed by atoms with E-state index in [1.807, 2.05) is 0 Å². The van der Waals surface area contributed by atoms with Crippen molar-refractivity contribution in [1.29, 1.82) is 0 Å². The standard InChI is InChI=1S/C12H16BrFN2O2.ClH/c1-18-5-4-15-2-3-16-12(17)9-6-10(13)8-11(14)7-9;/h6-8,15H,2-5H2,1H3,(H,16,17);1H. The van der Waals surface area contributed by atoms with Crippen molar-refractivity contribution in [2.24, 2.45) is 0 Å². The highest BCUT2D eigenvalue weighted by Gasteiger charge is 2.07. The van der Waals surface area contributed by atoms with Gasteiger partial charge in [0, 0.05) is 36.8 Å². The molecule has 0 aliphatic rings. The van der Waals surface area contributed by atoms with E-state index in [9.17, 15) is 9.18 Å². The number of benzene rings is 1. The minimum atomic E-state index is -0.437. The third-order valence-corrected chi connectivity index (χ3v) is 2.65. The molecule has 0 bridgehead atoms. The summed E-state index contributed by atoms with van der Waals surface area (Å²) in [4.78, 5) is 11.7. The van der Waals surface area contributed by atoms with Crippen LogP contribution < -0.4 is 10.6 Å². The average Bonchev–Trinajstić information content (AvgIpc) is 2.32. The van der Waals surface area contributed by atoms with Gasteiger partial charge in [-0.3, -0.25) is 4.79 Å². The van der Waals surface area contributed by atoms with E-state index in [2.05, 4.69) is 26.6 Å². The largest absolute Gasteiger partial charge is 0.383 e. The van der Waals surface area contributed by atoms with Crippen LogP contribution in [0.15, 0.2) is 22.7 Å². The Bertz CT molecular complexity index is 387. The van der Waals surface area contributed by atoms with Crippen molar-refractivity contribution in [3.63, 3.8) is 0 Å². The van der Waals surface area contributed by atoms with Crippen LogP contribution in [-0.2, 0) is 4.74 Å². The van der Waals surface area contributed by atoms with Gasteiger partial charge in [-0.05, 0) is 18.2 Å². The number of hydrogen-bond acceptors (Lipinski definition) is 3. The molecule has 0 saturated carbocycles. The second kappa shape index (κ2) is 10.1. The summed E-state index contributed by atoms with van der Waals surface area (Å²) in [6.07, 6.45) is 0. The highest BCUT2D eigenvalue weighted by Crippen LogP contribution is 2.14. The van der Waals surface area contributed by atoms with Crippen molar-refractivity contribution in [1.82, 2.24) is 10.6 Å². The van der Waals surface area contributed by atoms with Gasteiger partial charge in [0.2, 0.25) is 0 Å². The lowest BCUT2D eigenvalue weighted by Crippen LogP contribution is -2.33. The number of carbonyl (C=O) groups is 1. The first kappa shape index (κ1) is 18.3. The van der Waals surface area contributed by atoms with Crippen molar-refractivity contribution in [3.8, 4) is 0 Å². The minimum Gasteiger partial charge on any atom is -0.383 e. The van der Waals surface area contributed by atoms with Crippen LogP contribution in [0.3, 0.4) is 0 Å². The quantitative estimate of drug-likeness (QED) is 0.735. The summed E-state index contributed by atoms with van der Waals surface area (Å²) in [5.74, 6) is -0.725. The van der Waals surface area contributed by atoms with Crippen molar-refractivity contribution >= 4 is 34.2 Å². The molecule has 0 fully saturated rings. The summed E-state index contributed by atoms with van der Waals surface area (Å²) in [6, 6.07) is 4.10. The van der Waals surface area contributed by atoms with Gasteiger partial charge in [-0.1, -0.05) is 15.9 Å². The summed E-state index contributed by atoms with van der Waals surface area (Å²) < 4.78 is 18.5. The first-order valence-corrected chi connectivity index (χ1v) is 6.36. The van der Waals surface area contributed by atoms with E-state index in [4.69, 9.17) is 4.74 Å². The Morgan fingerprint density at radius 3 is 2.68 bits per heavy atom. The number of halogens is 3. The maximum absolute atomic E-state index is 13.1. The zero-order valence-corrected chi connectivity index (χ0v) is 12.9. The number of methoxy groups -OCH3 is 1. The smallest absolute Gasteiger partial charge is 0.251 e. The Morgan fingerprint density at radius 2 is 2.05 bits per heavy atom. The molecule has 0 saturated heterocycles. The number of hydrogen-bond donors (Lipinski definition) is 2. The van der Waals surface area contributed by atoms with Gasteiger partial charge in [0.1, 0.15) is 5.82 Å². The number of ether oxygens (including phenoxy) is 1. The highest BCUT2D eigenvalue weighted by atomic mass is 79.9. The zero-order valence-electron chi connectivity index (χ0n) is 10.5. The molecule has 2 N–H and O–H groups in total. The molecular formula is C12H17BrClFN2O2. The van der Waals surface area contributed by atoms with Gasteiger partial charge in [-0.15, -0.1) is 12.4 Å². The third-order valence-electron chi connectivity index (χ3n) is 2.20. The molecule has 1 amide bonds. The predicted molar refractivity (Wildman–Crippen MR) is 78.4 cm³/mol. The number of nitrogens with one attached hydrogen (secondary N) is 2. The summed E-state index contributed by atoms with van der Waals surface area (Å²) >= 11 is 3.15. The first-order chi connectivity index (χ1) is 8.63. The van der Waals surface area contributed by atoms with E-state index in [1.54, 1.807) is 13.2 Å². The fourth-order valence-corrected chi connectivity index (χ4v) is 1.82. The lowest BCUT2D eigenvalue weighted by Gasteiger charge is -2.07. The summed E-state index contributed by atoms with van der Waals surface area (Å²) in [5.41, 5.74) is 0.304. The second-order valence-corrected chi connectivity index (χ2v) is 4.57. The molecule has 7 heteroatoms. The normalized spacial score (nSPS) is 9.84. The van der Waals surface area contributed by atoms with Gasteiger partial charge < -0.3 is 15.4 Å². The molecular weight excluding hydrogens is 338 g/mol. The Morgan fingerprint density at radius 1 is 1.32 bits per heavy atom. The monoisotopic (exact) mass is 354 g/mol. The van der Waals surface area contributed by atoms with E-state index in [0.717, 1.165) is 6.54 Å². The van der Waals surface area contributed by atoms with Crippen LogP contribution in [0.25, 0.3) is 0 Å². The van der Waals surface area contributed by atoms with Gasteiger partial charge in [0.05, 0.1) is 6.61 Å². The SMILES string of the molecule is COCCNCCNC(=O)c1cc(F)cc(Br)c1.Cl. The van der Waals surface area contributed by atoms with Crippen LogP contribution in [0.4, 0.5) is 4.39 Å². The molecule has 19 heavy (non-hydrogen) atoms. The lowest BCUT2D eigenvalue weighted by atomic mass is 10.2. The molecule has 1 rings (SSSR count). The van der Waals surface area contributed by atoms with Crippen molar-refractivity contribution in [2.45, 2.75) is 0 Å². The number of rotatable bonds is 7. The summed E-state index contributed by atoms with van der Waals surface area (Å²) in [5, 5.41) is 5.79. The van der Waals surface area contributed by atoms with E-state index in [-0.39, 0.29) is 18.3 Å². The molecule has 1 aromatic rings. The highest BCUT2D eigenvalue weighted by molar-refractivity contribution is 9.10. The fourth-order valence-electron chi connectivity index (χ4n) is 1.35. The minimum absolute atomic E-state index is 0. The van der Waals surface area contributed by atoms with Crippen LogP contribution >= 0.6 is 28.3 Å². The van der Waals surface area contributed by atoms with E-state index < -0.39 is 5.82 Å². The maximum Gasteiger partial charge on any atom is 0.251 e. The average molecular weight is 356 g/mol. The van der Waals surface area contributed by atoms with Crippen LogP contribution in [0.1, 0.15) is 10.4 Å². The van der Waals surface area contributed by atoms with Gasteiger partial charge in [0.25, 0.3) is 5.91 Å². The molecule has 1 aromatic carbocycles. The molecule has 0 heterocycles. The molecule has 0 radical (unpaired) electrons. The Balaban J connectivity index is 0.00000324. The van der Waals surface area contributed by atoms with Crippen molar-refractivity contribution < 1.29 is 13.9 Å². The van der Waals surface area contributed by atoms with E-state index >= 15 is 0 Å². The van der Waals surface area contributed by atoms with Crippen LogP contribution in [0.2, 0.25) is 0 Å². The van der Waals surface area contributed by atoms with Crippen molar-refractivity contribution in [2.75, 3.05) is 33.4 Å². The van der Waals surface area contributed by atoms with Gasteiger partial charge in [0.15, 0.2) is 0 Å². The number of amides is 1. The molecule has 0 aliphatic heterocycles. The van der Waals surface area contributed by atoms with Gasteiger partial charge in [-0.25, -0.2) is 4.39 Å². The predicted octanol–water partition coefficient (Wildman–Crippen LogP) is 1.98. The van der Waals surface area contributed by atoms with Crippen LogP contribution in [0, 0.1) is 5.82 Å². The maximum atomic E-state index is 13.1. The molecule has 0 spiro atoms. The third kappa shape index (κ3) is 7.47. The van der Waals surface area contributed by atoms with E-state index in [1.165, 1.54) is 12.1 Å². The lowest BCUT2D eigenvalue weighted by molar-refractivity contribution is 0.0953. The van der Waals surface area contributed by atoms with Gasteiger partial charge >= 0.3 is 0 Å². The Labute approximate surface area is 126 Å². The van der Waals surface area contributed by atoms with Crippen LogP contribution in [0.5, 0.6) is 0 Å². The second-order valence-electron chi connectivity index (χ2n) is 3.66. The summed E-state index contributed by atoms with van der Waals surface area (Å²) in [7, 11) is 1.63. The molecule has 108 valence electrons. The topological polar surface area (TPSA) is 50.4 Å². The van der Waals surface area contributed by atoms with Crippen LogP contribution in [-0.4, -0.2) is 39.3 Å². The first-order valence-electron chi connectivity index (χ1n) is 5.57. The van der Waals surface area contributed by atoms with E-state index in [0.29, 0.717) is 29.7 Å². The fraction of sp³-hybridized carbons (Fsp3) is 0.417.